The molecule has 7 heteroatoms. The van der Waals surface area contributed by atoms with Gasteiger partial charge in [0.1, 0.15) is 0 Å². The number of carbonyl (C=O) groups excluding carboxylic acids is 1. The summed E-state index contributed by atoms with van der Waals surface area (Å²) in [6.07, 6.45) is 0.748. The van der Waals surface area contributed by atoms with Crippen molar-refractivity contribution < 1.29 is 14.7 Å². The van der Waals surface area contributed by atoms with Crippen molar-refractivity contribution in [1.29, 1.82) is 0 Å². The number of nitrogens with one attached hydrogen (secondary N) is 1. The Bertz CT molecular complexity index is 890. The molecule has 0 aliphatic rings. The fourth-order valence-electron chi connectivity index (χ4n) is 3.30. The molecule has 0 bridgehead atoms. The van der Waals surface area contributed by atoms with E-state index in [-0.39, 0.29) is 18.4 Å². The third-order valence-electron chi connectivity index (χ3n) is 4.96. The summed E-state index contributed by atoms with van der Waals surface area (Å²) < 4.78 is 0. The lowest BCUT2D eigenvalue weighted by Crippen LogP contribution is -2.41. The Kier molecular flexibility index (Phi) is 8.08. The van der Waals surface area contributed by atoms with E-state index in [0.717, 1.165) is 23.1 Å². The van der Waals surface area contributed by atoms with E-state index in [1.165, 1.54) is 5.56 Å². The molecule has 1 atom stereocenters. The third kappa shape index (κ3) is 6.46. The van der Waals surface area contributed by atoms with Gasteiger partial charge in [0.05, 0.1) is 16.5 Å². The van der Waals surface area contributed by atoms with Crippen LogP contribution in [-0.4, -0.2) is 48.6 Å². The van der Waals surface area contributed by atoms with Gasteiger partial charge in [-0.05, 0) is 74.8 Å². The van der Waals surface area contributed by atoms with Crippen molar-refractivity contribution in [2.75, 3.05) is 20.6 Å². The first-order chi connectivity index (χ1) is 13.6. The van der Waals surface area contributed by atoms with Gasteiger partial charge in [0.25, 0.3) is 5.91 Å². The van der Waals surface area contributed by atoms with E-state index in [1.807, 2.05) is 40.1 Å². The first-order valence-corrected chi connectivity index (χ1v) is 10.0. The minimum absolute atomic E-state index is 0.0127. The third-order valence-corrected chi connectivity index (χ3v) is 5.70. The molecule has 0 fully saturated rings. The molecule has 2 aromatic rings. The first kappa shape index (κ1) is 23.2. The highest BCUT2D eigenvalue weighted by Crippen LogP contribution is 2.23. The van der Waals surface area contributed by atoms with Crippen molar-refractivity contribution in [2.45, 2.75) is 32.7 Å². The van der Waals surface area contributed by atoms with E-state index in [0.29, 0.717) is 22.2 Å². The number of carboxylic acids is 1. The minimum atomic E-state index is -0.840. The standard InChI is InChI=1S/C22H26Cl2N2O3/c1-13-7-15(9-21(27)28)8-14(2)18(13)11-17(26(3)4)12-25-22(29)16-5-6-19(23)20(24)10-16/h5-8,10,17H,9,11-12H2,1-4H3,(H,25,29)(H,27,28)/t17-/m0/s1. The zero-order chi connectivity index (χ0) is 21.7. The van der Waals surface area contributed by atoms with Gasteiger partial charge in [0.2, 0.25) is 0 Å². The van der Waals surface area contributed by atoms with Crippen LogP contribution < -0.4 is 5.32 Å². The molecule has 0 heterocycles. The smallest absolute Gasteiger partial charge is 0.307 e. The molecule has 0 saturated heterocycles. The molecule has 0 radical (unpaired) electrons. The number of nitrogens with zero attached hydrogens (tertiary/aromatic N) is 1. The van der Waals surface area contributed by atoms with Crippen molar-refractivity contribution in [3.63, 3.8) is 0 Å². The second-order valence-corrected chi connectivity index (χ2v) is 8.25. The second kappa shape index (κ2) is 10.1. The van der Waals surface area contributed by atoms with Gasteiger partial charge in [-0.1, -0.05) is 35.3 Å². The molecule has 0 saturated carbocycles. The zero-order valence-electron chi connectivity index (χ0n) is 17.1. The summed E-state index contributed by atoms with van der Waals surface area (Å²) >= 11 is 11.9. The maximum Gasteiger partial charge on any atom is 0.307 e. The largest absolute Gasteiger partial charge is 0.481 e. The van der Waals surface area contributed by atoms with Gasteiger partial charge in [0.15, 0.2) is 0 Å². The summed E-state index contributed by atoms with van der Waals surface area (Å²) in [4.78, 5) is 25.5. The maximum atomic E-state index is 12.5. The molecule has 2 aromatic carbocycles. The van der Waals surface area contributed by atoms with E-state index in [2.05, 4.69) is 10.2 Å². The first-order valence-electron chi connectivity index (χ1n) is 9.29. The quantitative estimate of drug-likeness (QED) is 0.652. The van der Waals surface area contributed by atoms with E-state index >= 15 is 0 Å². The molecular weight excluding hydrogens is 411 g/mol. The van der Waals surface area contributed by atoms with Crippen LogP contribution in [0.3, 0.4) is 0 Å². The Morgan fingerprint density at radius 2 is 1.69 bits per heavy atom. The second-order valence-electron chi connectivity index (χ2n) is 7.44. The number of amides is 1. The predicted molar refractivity (Wildman–Crippen MR) is 117 cm³/mol. The monoisotopic (exact) mass is 436 g/mol. The fraction of sp³-hybridized carbons (Fsp3) is 0.364. The summed E-state index contributed by atoms with van der Waals surface area (Å²) in [5, 5.41) is 12.7. The Hall–Kier alpha value is -2.08. The van der Waals surface area contributed by atoms with Gasteiger partial charge >= 0.3 is 5.97 Å². The number of aryl methyl sites for hydroxylation is 2. The summed E-state index contributed by atoms with van der Waals surface area (Å²) in [7, 11) is 3.94. The molecule has 5 nitrogen and oxygen atoms in total. The SMILES string of the molecule is Cc1cc(CC(=O)O)cc(C)c1C[C@@H](CNC(=O)c1ccc(Cl)c(Cl)c1)N(C)C. The molecular formula is C22H26Cl2N2O3. The Labute approximate surface area is 181 Å². The van der Waals surface area contributed by atoms with Gasteiger partial charge in [-0.15, -0.1) is 0 Å². The predicted octanol–water partition coefficient (Wildman–Crippen LogP) is 4.14. The lowest BCUT2D eigenvalue weighted by atomic mass is 9.93. The summed E-state index contributed by atoms with van der Waals surface area (Å²) in [5.41, 5.74) is 4.54. The highest BCUT2D eigenvalue weighted by molar-refractivity contribution is 6.42. The number of hydrogen-bond donors (Lipinski definition) is 2. The van der Waals surface area contributed by atoms with E-state index in [1.54, 1.807) is 18.2 Å². The normalized spacial score (nSPS) is 12.1. The number of carboxylic acid groups (broad SMARTS) is 1. The van der Waals surface area contributed by atoms with Crippen LogP contribution in [0.5, 0.6) is 0 Å². The molecule has 1 amide bonds. The zero-order valence-corrected chi connectivity index (χ0v) is 18.6. The fourth-order valence-corrected chi connectivity index (χ4v) is 3.60. The molecule has 29 heavy (non-hydrogen) atoms. The van der Waals surface area contributed by atoms with Gasteiger partial charge in [-0.2, -0.15) is 0 Å². The highest BCUT2D eigenvalue weighted by atomic mass is 35.5. The van der Waals surface area contributed by atoms with Crippen molar-refractivity contribution in [3.05, 3.63) is 68.2 Å². The topological polar surface area (TPSA) is 69.6 Å². The molecule has 0 unspecified atom stereocenters. The van der Waals surface area contributed by atoms with Gasteiger partial charge in [-0.25, -0.2) is 0 Å². The van der Waals surface area contributed by atoms with Crippen LogP contribution in [0.15, 0.2) is 30.3 Å². The van der Waals surface area contributed by atoms with E-state index < -0.39 is 5.97 Å². The summed E-state index contributed by atoms with van der Waals surface area (Å²) in [6, 6.07) is 8.73. The number of benzene rings is 2. The average molecular weight is 437 g/mol. The van der Waals surface area contributed by atoms with Crippen LogP contribution in [0.1, 0.15) is 32.6 Å². The Morgan fingerprint density at radius 1 is 1.07 bits per heavy atom. The lowest BCUT2D eigenvalue weighted by Gasteiger charge is -2.26. The molecule has 2 rings (SSSR count). The summed E-state index contributed by atoms with van der Waals surface area (Å²) in [5.74, 6) is -1.05. The van der Waals surface area contributed by atoms with Gasteiger partial charge < -0.3 is 15.3 Å². The van der Waals surface area contributed by atoms with E-state index in [9.17, 15) is 9.59 Å². The van der Waals surface area contributed by atoms with Gasteiger partial charge in [0, 0.05) is 18.2 Å². The number of hydrogen-bond acceptors (Lipinski definition) is 3. The number of aliphatic carboxylic acids is 1. The van der Waals surface area contributed by atoms with Crippen LogP contribution in [0.2, 0.25) is 10.0 Å². The van der Waals surface area contributed by atoms with Crippen LogP contribution in [0.25, 0.3) is 0 Å². The number of carbonyl (C=O) groups is 2. The molecule has 2 N–H and O–H groups in total. The van der Waals surface area contributed by atoms with Crippen LogP contribution in [-0.2, 0) is 17.6 Å². The number of rotatable bonds is 8. The average Bonchev–Trinajstić information content (AvgIpc) is 2.61. The van der Waals surface area contributed by atoms with Crippen LogP contribution in [0.4, 0.5) is 0 Å². The number of halogens is 2. The van der Waals surface area contributed by atoms with Crippen LogP contribution in [0, 0.1) is 13.8 Å². The molecule has 0 aliphatic carbocycles. The van der Waals surface area contributed by atoms with Crippen molar-refractivity contribution in [2.24, 2.45) is 0 Å². The molecule has 0 spiro atoms. The highest BCUT2D eigenvalue weighted by Gasteiger charge is 2.18. The maximum absolute atomic E-state index is 12.5. The number of likely N-dealkylation sites (N-methyl/N-ethyl adjacent to an activating group) is 1. The van der Waals surface area contributed by atoms with Crippen molar-refractivity contribution >= 4 is 35.1 Å². The molecule has 0 aliphatic heterocycles. The lowest BCUT2D eigenvalue weighted by molar-refractivity contribution is -0.136. The molecule has 156 valence electrons. The molecule has 0 aromatic heterocycles. The van der Waals surface area contributed by atoms with E-state index in [4.69, 9.17) is 28.3 Å². The Balaban J connectivity index is 2.11. The van der Waals surface area contributed by atoms with Crippen molar-refractivity contribution in [3.8, 4) is 0 Å². The van der Waals surface area contributed by atoms with Gasteiger partial charge in [-0.3, -0.25) is 9.59 Å². The van der Waals surface area contributed by atoms with Crippen molar-refractivity contribution in [1.82, 2.24) is 10.2 Å². The van der Waals surface area contributed by atoms with Crippen LogP contribution >= 0.6 is 23.2 Å². The minimum Gasteiger partial charge on any atom is -0.481 e. The Morgan fingerprint density at radius 3 is 2.21 bits per heavy atom. The summed E-state index contributed by atoms with van der Waals surface area (Å²) in [6.45, 7) is 4.45.